The van der Waals surface area contributed by atoms with Gasteiger partial charge in [-0.2, -0.15) is 0 Å². The molecule has 0 saturated heterocycles. The SMILES string of the molecule is C=CCNc1nc(C(=O)OCc2ccc(Cl)cc2)cs1. The van der Waals surface area contributed by atoms with Crippen LogP contribution >= 0.6 is 22.9 Å². The molecule has 0 aliphatic rings. The Labute approximate surface area is 126 Å². The molecule has 4 nitrogen and oxygen atoms in total. The van der Waals surface area contributed by atoms with Crippen molar-refractivity contribution < 1.29 is 9.53 Å². The molecule has 1 N–H and O–H groups in total. The summed E-state index contributed by atoms with van der Waals surface area (Å²) in [6.07, 6.45) is 1.72. The summed E-state index contributed by atoms with van der Waals surface area (Å²) in [5.41, 5.74) is 1.18. The van der Waals surface area contributed by atoms with Gasteiger partial charge in [0.1, 0.15) is 6.61 Å². The number of nitrogens with one attached hydrogen (secondary N) is 1. The van der Waals surface area contributed by atoms with Gasteiger partial charge >= 0.3 is 5.97 Å². The van der Waals surface area contributed by atoms with E-state index < -0.39 is 5.97 Å². The fourth-order valence-corrected chi connectivity index (χ4v) is 2.23. The van der Waals surface area contributed by atoms with E-state index in [1.807, 2.05) is 12.1 Å². The van der Waals surface area contributed by atoms with Crippen molar-refractivity contribution in [3.8, 4) is 0 Å². The van der Waals surface area contributed by atoms with E-state index in [1.54, 1.807) is 23.6 Å². The van der Waals surface area contributed by atoms with Gasteiger partial charge in [0.15, 0.2) is 10.8 Å². The van der Waals surface area contributed by atoms with Crippen LogP contribution in [0.2, 0.25) is 5.02 Å². The molecule has 0 amide bonds. The average Bonchev–Trinajstić information content (AvgIpc) is 2.93. The van der Waals surface area contributed by atoms with Crippen LogP contribution in [0.4, 0.5) is 5.13 Å². The number of aromatic nitrogens is 1. The maximum Gasteiger partial charge on any atom is 0.358 e. The second-order valence-electron chi connectivity index (χ2n) is 3.91. The van der Waals surface area contributed by atoms with E-state index in [-0.39, 0.29) is 6.61 Å². The van der Waals surface area contributed by atoms with Crippen LogP contribution in [-0.4, -0.2) is 17.5 Å². The van der Waals surface area contributed by atoms with Gasteiger partial charge in [0, 0.05) is 16.9 Å². The van der Waals surface area contributed by atoms with E-state index in [0.29, 0.717) is 22.4 Å². The molecule has 0 unspecified atom stereocenters. The maximum atomic E-state index is 11.8. The Bertz CT molecular complexity index is 595. The Morgan fingerprint density at radius 1 is 1.45 bits per heavy atom. The first-order valence-electron chi connectivity index (χ1n) is 5.91. The first-order chi connectivity index (χ1) is 9.69. The normalized spacial score (nSPS) is 10.1. The molecule has 104 valence electrons. The standard InChI is InChI=1S/C14H13ClN2O2S/c1-2-7-16-14-17-12(9-20-14)13(18)19-8-10-3-5-11(15)6-4-10/h2-6,9H,1,7-8H2,(H,16,17). The number of hydrogen-bond donors (Lipinski definition) is 1. The smallest absolute Gasteiger partial charge is 0.358 e. The van der Waals surface area contributed by atoms with E-state index in [1.165, 1.54) is 11.3 Å². The Morgan fingerprint density at radius 2 is 2.20 bits per heavy atom. The first kappa shape index (κ1) is 14.6. The maximum absolute atomic E-state index is 11.8. The molecular formula is C14H13ClN2O2S. The third-order valence-electron chi connectivity index (χ3n) is 2.39. The quantitative estimate of drug-likeness (QED) is 0.652. The van der Waals surface area contributed by atoms with Gasteiger partial charge in [0.25, 0.3) is 0 Å². The molecule has 2 aromatic rings. The van der Waals surface area contributed by atoms with Crippen LogP contribution in [0.1, 0.15) is 16.1 Å². The molecule has 2 rings (SSSR count). The zero-order valence-electron chi connectivity index (χ0n) is 10.6. The van der Waals surface area contributed by atoms with Gasteiger partial charge in [-0.25, -0.2) is 9.78 Å². The number of halogens is 1. The Hall–Kier alpha value is -1.85. The fraction of sp³-hybridized carbons (Fsp3) is 0.143. The number of thiazole rings is 1. The number of hydrogen-bond acceptors (Lipinski definition) is 5. The van der Waals surface area contributed by atoms with Gasteiger partial charge < -0.3 is 10.1 Å². The summed E-state index contributed by atoms with van der Waals surface area (Å²) < 4.78 is 5.19. The summed E-state index contributed by atoms with van der Waals surface area (Å²) in [5.74, 6) is -0.442. The number of nitrogens with zero attached hydrogens (tertiary/aromatic N) is 1. The summed E-state index contributed by atoms with van der Waals surface area (Å²) >= 11 is 7.14. The van der Waals surface area contributed by atoms with Crippen molar-refractivity contribution in [2.75, 3.05) is 11.9 Å². The van der Waals surface area contributed by atoms with Crippen LogP contribution in [0, 0.1) is 0 Å². The summed E-state index contributed by atoms with van der Waals surface area (Å²) in [6, 6.07) is 7.14. The van der Waals surface area contributed by atoms with Crippen LogP contribution < -0.4 is 5.32 Å². The van der Waals surface area contributed by atoms with Crippen LogP contribution in [0.3, 0.4) is 0 Å². The lowest BCUT2D eigenvalue weighted by molar-refractivity contribution is 0.0467. The van der Waals surface area contributed by atoms with Gasteiger partial charge in [0.05, 0.1) is 0 Å². The molecule has 0 aliphatic heterocycles. The topological polar surface area (TPSA) is 51.2 Å². The van der Waals surface area contributed by atoms with Gasteiger partial charge in [-0.15, -0.1) is 17.9 Å². The molecule has 0 bridgehead atoms. The molecule has 0 saturated carbocycles. The molecule has 0 fully saturated rings. The van der Waals surface area contributed by atoms with Crippen LogP contribution in [0.5, 0.6) is 0 Å². The largest absolute Gasteiger partial charge is 0.456 e. The van der Waals surface area contributed by atoms with E-state index >= 15 is 0 Å². The van der Waals surface area contributed by atoms with Crippen LogP contribution in [0.15, 0.2) is 42.3 Å². The van der Waals surface area contributed by atoms with Gasteiger partial charge in [-0.05, 0) is 17.7 Å². The van der Waals surface area contributed by atoms with E-state index in [0.717, 1.165) is 5.56 Å². The second-order valence-corrected chi connectivity index (χ2v) is 5.20. The van der Waals surface area contributed by atoms with Crippen LogP contribution in [-0.2, 0) is 11.3 Å². The van der Waals surface area contributed by atoms with Gasteiger partial charge in [0.2, 0.25) is 0 Å². The minimum Gasteiger partial charge on any atom is -0.456 e. The summed E-state index contributed by atoms with van der Waals surface area (Å²) in [6.45, 7) is 4.40. The fourth-order valence-electron chi connectivity index (χ4n) is 1.41. The van der Waals surface area contributed by atoms with Gasteiger partial charge in [-0.3, -0.25) is 0 Å². The zero-order chi connectivity index (χ0) is 14.4. The number of ether oxygens (including phenoxy) is 1. The molecule has 0 aliphatic carbocycles. The summed E-state index contributed by atoms with van der Waals surface area (Å²) in [5, 5.41) is 6.00. The van der Waals surface area contributed by atoms with E-state index in [2.05, 4.69) is 16.9 Å². The van der Waals surface area contributed by atoms with Crippen molar-refractivity contribution in [3.05, 3.63) is 58.6 Å². The van der Waals surface area contributed by atoms with Gasteiger partial charge in [-0.1, -0.05) is 29.8 Å². The lowest BCUT2D eigenvalue weighted by Gasteiger charge is -2.03. The number of rotatable bonds is 6. The lowest BCUT2D eigenvalue weighted by Crippen LogP contribution is -2.06. The molecule has 0 spiro atoms. The molecular weight excluding hydrogens is 296 g/mol. The summed E-state index contributed by atoms with van der Waals surface area (Å²) in [7, 11) is 0. The third kappa shape index (κ3) is 4.08. The lowest BCUT2D eigenvalue weighted by atomic mass is 10.2. The highest BCUT2D eigenvalue weighted by atomic mass is 35.5. The monoisotopic (exact) mass is 308 g/mol. The highest BCUT2D eigenvalue weighted by molar-refractivity contribution is 7.13. The van der Waals surface area contributed by atoms with Crippen LogP contribution in [0.25, 0.3) is 0 Å². The molecule has 1 heterocycles. The van der Waals surface area contributed by atoms with Crippen molar-refractivity contribution in [2.45, 2.75) is 6.61 Å². The molecule has 20 heavy (non-hydrogen) atoms. The second kappa shape index (κ2) is 7.07. The predicted octanol–water partition coefficient (Wildman–Crippen LogP) is 3.75. The number of carbonyl (C=O) groups excluding carboxylic acids is 1. The number of anilines is 1. The van der Waals surface area contributed by atoms with E-state index in [9.17, 15) is 4.79 Å². The average molecular weight is 309 g/mol. The third-order valence-corrected chi connectivity index (χ3v) is 3.45. The van der Waals surface area contributed by atoms with Crippen molar-refractivity contribution in [1.82, 2.24) is 4.98 Å². The molecule has 6 heteroatoms. The van der Waals surface area contributed by atoms with Crippen molar-refractivity contribution >= 4 is 34.0 Å². The predicted molar refractivity (Wildman–Crippen MR) is 81.4 cm³/mol. The first-order valence-corrected chi connectivity index (χ1v) is 7.16. The van der Waals surface area contributed by atoms with Crippen molar-refractivity contribution in [3.63, 3.8) is 0 Å². The number of carbonyl (C=O) groups is 1. The number of esters is 1. The molecule has 1 aromatic carbocycles. The highest BCUT2D eigenvalue weighted by Crippen LogP contribution is 2.16. The van der Waals surface area contributed by atoms with Crippen molar-refractivity contribution in [2.24, 2.45) is 0 Å². The zero-order valence-corrected chi connectivity index (χ0v) is 12.2. The van der Waals surface area contributed by atoms with E-state index in [4.69, 9.17) is 16.3 Å². The van der Waals surface area contributed by atoms with Crippen molar-refractivity contribution in [1.29, 1.82) is 0 Å². The molecule has 1 aromatic heterocycles. The number of benzene rings is 1. The summed E-state index contributed by atoms with van der Waals surface area (Å²) in [4.78, 5) is 16.0. The Kier molecular flexibility index (Phi) is 5.15. The Morgan fingerprint density at radius 3 is 2.90 bits per heavy atom. The highest BCUT2D eigenvalue weighted by Gasteiger charge is 2.12. The Balaban J connectivity index is 1.89. The molecule has 0 radical (unpaired) electrons. The molecule has 0 atom stereocenters. The minimum atomic E-state index is -0.442. The minimum absolute atomic E-state index is 0.197.